The van der Waals surface area contributed by atoms with E-state index < -0.39 is 6.36 Å². The van der Waals surface area contributed by atoms with E-state index >= 15 is 0 Å². The fraction of sp³-hybridized carbons (Fsp3) is 0.182. The second-order valence-electron chi connectivity index (χ2n) is 3.34. The highest BCUT2D eigenvalue weighted by Crippen LogP contribution is 2.41. The lowest BCUT2D eigenvalue weighted by molar-refractivity contribution is -0.274. The average molecular weight is 276 g/mol. The summed E-state index contributed by atoms with van der Waals surface area (Å²) >= 11 is 1.26. The van der Waals surface area contributed by atoms with E-state index in [4.69, 9.17) is 0 Å². The molecule has 0 aromatic carbocycles. The Labute approximate surface area is 104 Å². The fourth-order valence-electron chi connectivity index (χ4n) is 1.56. The minimum atomic E-state index is -4.77. The van der Waals surface area contributed by atoms with Gasteiger partial charge in [0.2, 0.25) is 0 Å². The molecule has 1 heterocycles. The van der Waals surface area contributed by atoms with Gasteiger partial charge in [0.1, 0.15) is 12.4 Å². The summed E-state index contributed by atoms with van der Waals surface area (Å²) in [7, 11) is 0. The van der Waals surface area contributed by atoms with Crippen molar-refractivity contribution in [3.8, 4) is 16.2 Å². The molecule has 0 saturated heterocycles. The Kier molecular flexibility index (Phi) is 3.42. The van der Waals surface area contributed by atoms with E-state index in [9.17, 15) is 18.0 Å². The highest BCUT2D eigenvalue weighted by molar-refractivity contribution is 7.13. The molecule has 0 aromatic heterocycles. The first-order valence-electron chi connectivity index (χ1n) is 4.81. The Morgan fingerprint density at radius 3 is 2.83 bits per heavy atom. The zero-order valence-electron chi connectivity index (χ0n) is 8.86. The van der Waals surface area contributed by atoms with Crippen LogP contribution in [-0.4, -0.2) is 12.8 Å². The monoisotopic (exact) mass is 276 g/mol. The van der Waals surface area contributed by atoms with Gasteiger partial charge in [-0.25, -0.2) is 0 Å². The molecule has 0 amide bonds. The minimum absolute atomic E-state index is 0.184. The van der Waals surface area contributed by atoms with Gasteiger partial charge >= 0.3 is 6.36 Å². The number of ether oxygens (including phenoxy) is 2. The number of carbonyl (C=O) groups is 1. The zero-order valence-corrected chi connectivity index (χ0v) is 9.68. The van der Waals surface area contributed by atoms with E-state index in [1.54, 1.807) is 17.5 Å². The van der Waals surface area contributed by atoms with E-state index in [0.717, 1.165) is 0 Å². The van der Waals surface area contributed by atoms with Crippen LogP contribution in [-0.2, 0) is 16.1 Å². The summed E-state index contributed by atoms with van der Waals surface area (Å²) in [6, 6.07) is 4.66. The first-order chi connectivity index (χ1) is 8.51. The van der Waals surface area contributed by atoms with Gasteiger partial charge in [-0.2, -0.15) is 0 Å². The predicted octanol–water partition coefficient (Wildman–Crippen LogP) is 3.42. The Morgan fingerprint density at radius 1 is 1.39 bits per heavy atom. The standard InChI is InChI=1S/C11H7F3O3S/c12-11(13,14)17-9-4-7-2-1-3-18-10(7)8(9)5-16-6-15/h1-4,6H,5H2. The Morgan fingerprint density at radius 2 is 2.17 bits per heavy atom. The second kappa shape index (κ2) is 4.85. The van der Waals surface area contributed by atoms with Gasteiger partial charge in [0.05, 0.1) is 0 Å². The molecule has 0 N–H and O–H groups in total. The van der Waals surface area contributed by atoms with Crippen LogP contribution in [0.1, 0.15) is 5.56 Å². The molecule has 3 nitrogen and oxygen atoms in total. The highest BCUT2D eigenvalue weighted by atomic mass is 32.1. The molecule has 0 aromatic rings. The fourth-order valence-corrected chi connectivity index (χ4v) is 2.42. The summed E-state index contributed by atoms with van der Waals surface area (Å²) in [5.74, 6) is -0.332. The van der Waals surface area contributed by atoms with Crippen LogP contribution >= 0.6 is 11.3 Å². The predicted molar refractivity (Wildman–Crippen MR) is 58.5 cm³/mol. The van der Waals surface area contributed by atoms with Crippen molar-refractivity contribution in [1.29, 1.82) is 0 Å². The number of hydrogen-bond donors (Lipinski definition) is 0. The summed E-state index contributed by atoms with van der Waals surface area (Å²) < 4.78 is 45.2. The quantitative estimate of drug-likeness (QED) is 0.803. The smallest absolute Gasteiger partial charge is 0.463 e. The molecular formula is C11H7F3O3S. The number of alkyl halides is 3. The third-order valence-corrected chi connectivity index (χ3v) is 3.19. The van der Waals surface area contributed by atoms with Gasteiger partial charge in [-0.05, 0) is 17.0 Å². The molecule has 2 aliphatic rings. The summed E-state index contributed by atoms with van der Waals surface area (Å²) in [5, 5.41) is 1.73. The topological polar surface area (TPSA) is 35.5 Å². The van der Waals surface area contributed by atoms with Crippen molar-refractivity contribution in [2.75, 3.05) is 0 Å². The maximum absolute atomic E-state index is 12.2. The first-order valence-corrected chi connectivity index (χ1v) is 5.69. The van der Waals surface area contributed by atoms with Gasteiger partial charge in [0, 0.05) is 10.4 Å². The Balaban J connectivity index is 2.42. The minimum Gasteiger partial charge on any atom is -0.463 e. The van der Waals surface area contributed by atoms with Gasteiger partial charge in [0.25, 0.3) is 6.47 Å². The van der Waals surface area contributed by atoms with Crippen LogP contribution in [0.3, 0.4) is 0 Å². The van der Waals surface area contributed by atoms with Gasteiger partial charge in [0.15, 0.2) is 0 Å². The van der Waals surface area contributed by atoms with E-state index in [2.05, 4.69) is 9.47 Å². The molecule has 96 valence electrons. The van der Waals surface area contributed by atoms with Crippen LogP contribution in [0.5, 0.6) is 5.75 Å². The van der Waals surface area contributed by atoms with Crippen LogP contribution in [0.2, 0.25) is 0 Å². The molecule has 1 aliphatic heterocycles. The van der Waals surface area contributed by atoms with Crippen molar-refractivity contribution in [3.63, 3.8) is 0 Å². The van der Waals surface area contributed by atoms with Crippen LogP contribution in [0.25, 0.3) is 10.4 Å². The molecule has 0 atom stereocenters. The number of halogens is 3. The summed E-state index contributed by atoms with van der Waals surface area (Å²) in [6.45, 7) is -0.0667. The molecular weight excluding hydrogens is 269 g/mol. The largest absolute Gasteiger partial charge is 0.573 e. The molecule has 0 spiro atoms. The van der Waals surface area contributed by atoms with Gasteiger partial charge in [-0.1, -0.05) is 12.1 Å². The number of rotatable bonds is 4. The summed E-state index contributed by atoms with van der Waals surface area (Å²) in [6.07, 6.45) is -4.77. The van der Waals surface area contributed by atoms with Crippen LogP contribution in [0.15, 0.2) is 23.6 Å². The summed E-state index contributed by atoms with van der Waals surface area (Å²) in [5.41, 5.74) is 0.839. The summed E-state index contributed by atoms with van der Waals surface area (Å²) in [4.78, 5) is 10.8. The van der Waals surface area contributed by atoms with Crippen molar-refractivity contribution in [2.24, 2.45) is 0 Å². The number of fused-ring (bicyclic) bond motifs is 1. The van der Waals surface area contributed by atoms with E-state index in [1.165, 1.54) is 17.4 Å². The van der Waals surface area contributed by atoms with E-state index in [1.807, 2.05) is 0 Å². The van der Waals surface area contributed by atoms with Crippen LogP contribution in [0.4, 0.5) is 13.2 Å². The van der Waals surface area contributed by atoms with Crippen LogP contribution in [0, 0.1) is 0 Å². The highest BCUT2D eigenvalue weighted by Gasteiger charge is 2.34. The van der Waals surface area contributed by atoms with Crippen LogP contribution < -0.4 is 4.74 Å². The van der Waals surface area contributed by atoms with Crippen molar-refractivity contribution in [2.45, 2.75) is 13.0 Å². The lowest BCUT2D eigenvalue weighted by atomic mass is 10.2. The third kappa shape index (κ3) is 2.73. The van der Waals surface area contributed by atoms with Crippen molar-refractivity contribution >= 4 is 17.8 Å². The molecule has 0 unspecified atom stereocenters. The van der Waals surface area contributed by atoms with Gasteiger partial charge in [-0.3, -0.25) is 4.79 Å². The molecule has 0 fully saturated rings. The van der Waals surface area contributed by atoms with Gasteiger partial charge < -0.3 is 9.47 Å². The average Bonchev–Trinajstić information content (AvgIpc) is 2.61. The molecule has 0 saturated carbocycles. The molecule has 2 rings (SSSR count). The molecule has 0 bridgehead atoms. The molecule has 18 heavy (non-hydrogen) atoms. The molecule has 1 aliphatic carbocycles. The Bertz CT molecular complexity index is 521. The molecule has 7 heteroatoms. The number of carbonyl (C=O) groups excluding carboxylic acids is 1. The SMILES string of the molecule is O=COCc1c(OC(F)(F)F)cc2cccsc1-2. The number of hydrogen-bond acceptors (Lipinski definition) is 4. The third-order valence-electron chi connectivity index (χ3n) is 2.18. The maximum Gasteiger partial charge on any atom is 0.573 e. The normalized spacial score (nSPS) is 11.5. The van der Waals surface area contributed by atoms with Crippen molar-refractivity contribution in [1.82, 2.24) is 0 Å². The molecule has 0 radical (unpaired) electrons. The van der Waals surface area contributed by atoms with Gasteiger partial charge in [-0.15, -0.1) is 24.5 Å². The van der Waals surface area contributed by atoms with E-state index in [0.29, 0.717) is 10.4 Å². The van der Waals surface area contributed by atoms with Crippen molar-refractivity contribution < 1.29 is 27.4 Å². The Hall–Kier alpha value is -1.76. The van der Waals surface area contributed by atoms with Crippen molar-refractivity contribution in [3.05, 3.63) is 29.1 Å². The van der Waals surface area contributed by atoms with E-state index in [-0.39, 0.29) is 24.4 Å². The lowest BCUT2D eigenvalue weighted by Crippen LogP contribution is -2.17. The second-order valence-corrected chi connectivity index (χ2v) is 4.26. The first kappa shape index (κ1) is 12.7. The lowest BCUT2D eigenvalue weighted by Gasteiger charge is -2.09. The zero-order chi connectivity index (χ0) is 13.2. The maximum atomic E-state index is 12.2.